The molecule has 90 valence electrons. The third-order valence-corrected chi connectivity index (χ3v) is 6.91. The topological polar surface area (TPSA) is 9.23 Å². The number of hydrogen-bond acceptors (Lipinski definition) is 1. The zero-order valence-electron chi connectivity index (χ0n) is 11.2. The van der Waals surface area contributed by atoms with Crippen LogP contribution in [0.1, 0.15) is 13.8 Å². The molecule has 0 saturated carbocycles. The lowest BCUT2D eigenvalue weighted by atomic mass is 9.96. The number of rotatable bonds is 1. The quantitative estimate of drug-likeness (QED) is 0.496. The molecule has 0 radical (unpaired) electrons. The van der Waals surface area contributed by atoms with Crippen molar-refractivity contribution in [3.05, 3.63) is 23.3 Å². The first-order valence-corrected chi connectivity index (χ1v) is 9.94. The highest BCUT2D eigenvalue weighted by molar-refractivity contribution is 6.78. The molecule has 1 fully saturated rings. The second kappa shape index (κ2) is 4.15. The summed E-state index contributed by atoms with van der Waals surface area (Å²) >= 11 is 0. The van der Waals surface area contributed by atoms with Gasteiger partial charge in [-0.15, -0.1) is 0 Å². The Hall–Kier alpha value is -0.343. The summed E-state index contributed by atoms with van der Waals surface area (Å²) in [5.74, 6) is 1.27. The van der Waals surface area contributed by atoms with Crippen LogP contribution < -0.4 is 0 Å². The molecule has 0 aromatic carbocycles. The number of fused-ring (bicyclic) bond motifs is 1. The molecule has 1 aliphatic heterocycles. The molecule has 16 heavy (non-hydrogen) atoms. The SMILES string of the molecule is CC1=C2COC[C@@H]2C=C[C@H](C)[C@@H]1[Si](C)(C)C. The molecule has 0 amide bonds. The van der Waals surface area contributed by atoms with E-state index < -0.39 is 8.07 Å². The summed E-state index contributed by atoms with van der Waals surface area (Å²) in [5.41, 5.74) is 4.00. The van der Waals surface area contributed by atoms with E-state index >= 15 is 0 Å². The molecule has 0 aromatic rings. The minimum Gasteiger partial charge on any atom is -0.376 e. The van der Waals surface area contributed by atoms with Gasteiger partial charge in [-0.1, -0.05) is 44.3 Å². The van der Waals surface area contributed by atoms with Gasteiger partial charge < -0.3 is 4.74 Å². The smallest absolute Gasteiger partial charge is 0.0686 e. The van der Waals surface area contributed by atoms with Crippen molar-refractivity contribution in [3.63, 3.8) is 0 Å². The third-order valence-electron chi connectivity index (χ3n) is 4.08. The van der Waals surface area contributed by atoms with Gasteiger partial charge in [0, 0.05) is 5.92 Å². The summed E-state index contributed by atoms with van der Waals surface area (Å²) in [6, 6.07) is 0. The fraction of sp³-hybridized carbons (Fsp3) is 0.714. The fourth-order valence-corrected chi connectivity index (χ4v) is 6.71. The van der Waals surface area contributed by atoms with E-state index in [1.54, 1.807) is 11.1 Å². The Morgan fingerprint density at radius 2 is 1.94 bits per heavy atom. The largest absolute Gasteiger partial charge is 0.376 e. The van der Waals surface area contributed by atoms with Crippen LogP contribution in [0.15, 0.2) is 23.3 Å². The van der Waals surface area contributed by atoms with E-state index in [0.717, 1.165) is 18.8 Å². The Morgan fingerprint density at radius 1 is 1.25 bits per heavy atom. The molecule has 0 unspecified atom stereocenters. The van der Waals surface area contributed by atoms with E-state index in [1.165, 1.54) is 0 Å². The van der Waals surface area contributed by atoms with Gasteiger partial charge in [0.15, 0.2) is 0 Å². The van der Waals surface area contributed by atoms with Crippen molar-refractivity contribution in [2.75, 3.05) is 13.2 Å². The number of hydrogen-bond donors (Lipinski definition) is 0. The van der Waals surface area contributed by atoms with Crippen molar-refractivity contribution in [2.24, 2.45) is 11.8 Å². The molecule has 0 aromatic heterocycles. The highest BCUT2D eigenvalue weighted by Crippen LogP contribution is 2.43. The Bertz CT molecular complexity index is 335. The summed E-state index contributed by atoms with van der Waals surface area (Å²) in [7, 11) is -1.14. The first-order valence-electron chi connectivity index (χ1n) is 6.37. The van der Waals surface area contributed by atoms with Crippen LogP contribution in [0.3, 0.4) is 0 Å². The molecule has 3 atom stereocenters. The third kappa shape index (κ3) is 2.05. The van der Waals surface area contributed by atoms with E-state index in [9.17, 15) is 0 Å². The summed E-state index contributed by atoms with van der Waals surface area (Å²) in [6.45, 7) is 14.0. The van der Waals surface area contributed by atoms with E-state index in [2.05, 4.69) is 45.6 Å². The molecule has 2 rings (SSSR count). The highest BCUT2D eigenvalue weighted by Gasteiger charge is 2.36. The second-order valence-corrected chi connectivity index (χ2v) is 11.8. The van der Waals surface area contributed by atoms with Gasteiger partial charge in [-0.25, -0.2) is 0 Å². The molecular formula is C14H24OSi. The van der Waals surface area contributed by atoms with Crippen molar-refractivity contribution in [3.8, 4) is 0 Å². The minimum atomic E-state index is -1.14. The molecule has 0 spiro atoms. The Labute approximate surface area is 101 Å². The van der Waals surface area contributed by atoms with Crippen LogP contribution in [0.5, 0.6) is 0 Å². The van der Waals surface area contributed by atoms with Crippen LogP contribution in [0.2, 0.25) is 25.2 Å². The minimum absolute atomic E-state index is 0.573. The van der Waals surface area contributed by atoms with Crippen LogP contribution >= 0.6 is 0 Å². The van der Waals surface area contributed by atoms with Crippen LogP contribution in [0.25, 0.3) is 0 Å². The summed E-state index contributed by atoms with van der Waals surface area (Å²) in [5, 5.41) is 0. The summed E-state index contributed by atoms with van der Waals surface area (Å²) in [4.78, 5) is 0. The number of allylic oxidation sites excluding steroid dienone is 2. The molecule has 0 N–H and O–H groups in total. The van der Waals surface area contributed by atoms with E-state index in [4.69, 9.17) is 4.74 Å². The lowest BCUT2D eigenvalue weighted by molar-refractivity contribution is 0.195. The maximum absolute atomic E-state index is 5.62. The average molecular weight is 236 g/mol. The summed E-state index contributed by atoms with van der Waals surface area (Å²) in [6.07, 6.45) is 4.81. The monoisotopic (exact) mass is 236 g/mol. The lowest BCUT2D eigenvalue weighted by Crippen LogP contribution is -2.33. The zero-order chi connectivity index (χ0) is 11.9. The molecule has 1 saturated heterocycles. The lowest BCUT2D eigenvalue weighted by Gasteiger charge is -2.34. The van der Waals surface area contributed by atoms with Gasteiger partial charge in [0.25, 0.3) is 0 Å². The molecule has 1 heterocycles. The first kappa shape index (κ1) is 12.1. The van der Waals surface area contributed by atoms with Crippen LogP contribution in [0, 0.1) is 11.8 Å². The molecule has 1 nitrogen and oxygen atoms in total. The van der Waals surface area contributed by atoms with Crippen molar-refractivity contribution in [1.29, 1.82) is 0 Å². The molecule has 1 aliphatic carbocycles. The highest BCUT2D eigenvalue weighted by atomic mass is 28.3. The van der Waals surface area contributed by atoms with Crippen molar-refractivity contribution in [2.45, 2.75) is 39.0 Å². The van der Waals surface area contributed by atoms with Gasteiger partial charge in [0.2, 0.25) is 0 Å². The first-order chi connectivity index (χ1) is 7.41. The standard InChI is InChI=1S/C14H24OSi/c1-10-6-7-12-8-15-9-13(12)11(2)14(10)16(3,4)5/h6-7,10,12,14H,8-9H2,1-5H3/t10-,12-,14-/m0/s1. The number of ether oxygens (including phenoxy) is 1. The molecule has 2 aliphatic rings. The van der Waals surface area contributed by atoms with Gasteiger partial charge in [-0.05, 0) is 24.0 Å². The van der Waals surface area contributed by atoms with Gasteiger partial charge in [0.1, 0.15) is 0 Å². The Balaban J connectivity index is 2.43. The Kier molecular flexibility index (Phi) is 3.15. The van der Waals surface area contributed by atoms with Crippen molar-refractivity contribution >= 4 is 8.07 Å². The maximum atomic E-state index is 5.62. The van der Waals surface area contributed by atoms with Gasteiger partial charge in [-0.3, -0.25) is 0 Å². The fourth-order valence-electron chi connectivity index (χ4n) is 3.53. The average Bonchev–Trinajstić information content (AvgIpc) is 2.55. The predicted molar refractivity (Wildman–Crippen MR) is 72.4 cm³/mol. The summed E-state index contributed by atoms with van der Waals surface area (Å²) < 4.78 is 5.62. The van der Waals surface area contributed by atoms with Gasteiger partial charge in [0.05, 0.1) is 21.3 Å². The van der Waals surface area contributed by atoms with Crippen molar-refractivity contribution < 1.29 is 4.74 Å². The Morgan fingerprint density at radius 3 is 2.56 bits per heavy atom. The molecule has 2 heteroatoms. The van der Waals surface area contributed by atoms with E-state index in [0.29, 0.717) is 11.8 Å². The molecular weight excluding hydrogens is 212 g/mol. The van der Waals surface area contributed by atoms with Gasteiger partial charge in [-0.2, -0.15) is 0 Å². The normalized spacial score (nSPS) is 35.2. The second-order valence-electron chi connectivity index (χ2n) is 6.42. The van der Waals surface area contributed by atoms with E-state index in [1.807, 2.05) is 0 Å². The van der Waals surface area contributed by atoms with E-state index in [-0.39, 0.29) is 0 Å². The predicted octanol–water partition coefficient (Wildman–Crippen LogP) is 3.86. The van der Waals surface area contributed by atoms with Gasteiger partial charge >= 0.3 is 0 Å². The van der Waals surface area contributed by atoms with Crippen LogP contribution in [-0.4, -0.2) is 21.3 Å². The van der Waals surface area contributed by atoms with Crippen LogP contribution in [-0.2, 0) is 4.74 Å². The molecule has 0 bridgehead atoms. The maximum Gasteiger partial charge on any atom is 0.0686 e. The van der Waals surface area contributed by atoms with Crippen molar-refractivity contribution in [1.82, 2.24) is 0 Å². The van der Waals surface area contributed by atoms with Crippen LogP contribution in [0.4, 0.5) is 0 Å². The zero-order valence-corrected chi connectivity index (χ0v) is 12.2.